The van der Waals surface area contributed by atoms with Crippen molar-refractivity contribution in [2.45, 2.75) is 29.5 Å². The van der Waals surface area contributed by atoms with Gasteiger partial charge >= 0.3 is 6.09 Å². The van der Waals surface area contributed by atoms with E-state index in [9.17, 15) is 4.79 Å². The van der Waals surface area contributed by atoms with E-state index in [1.165, 1.54) is 0 Å². The third-order valence-corrected chi connectivity index (χ3v) is 7.03. The van der Waals surface area contributed by atoms with Gasteiger partial charge in [-0.05, 0) is 25.1 Å². The van der Waals surface area contributed by atoms with Crippen molar-refractivity contribution in [3.8, 4) is 0 Å². The van der Waals surface area contributed by atoms with Gasteiger partial charge in [0, 0.05) is 35.2 Å². The highest BCUT2D eigenvalue weighted by Crippen LogP contribution is 2.43. The molecular formula is C17H25ClN4O2S. The molecule has 0 spiro atoms. The zero-order valence-electron chi connectivity index (χ0n) is 14.3. The average Bonchev–Trinajstić information content (AvgIpc) is 2.54. The lowest BCUT2D eigenvalue weighted by Crippen LogP contribution is -2.51. The van der Waals surface area contributed by atoms with Gasteiger partial charge in [-0.3, -0.25) is 0 Å². The Bertz CT molecular complexity index is 629. The molecule has 2 aliphatic rings. The van der Waals surface area contributed by atoms with Gasteiger partial charge in [-0.1, -0.05) is 24.6 Å². The lowest BCUT2D eigenvalue weighted by molar-refractivity contribution is 0.0817. The Morgan fingerprint density at radius 1 is 1.44 bits per heavy atom. The molecule has 2 unspecified atom stereocenters. The smallest absolute Gasteiger partial charge is 0.404 e. The van der Waals surface area contributed by atoms with E-state index in [0.29, 0.717) is 12.6 Å². The van der Waals surface area contributed by atoms with Gasteiger partial charge in [0.1, 0.15) is 0 Å². The molecule has 2 saturated heterocycles. The molecule has 138 valence electrons. The molecule has 25 heavy (non-hydrogen) atoms. The van der Waals surface area contributed by atoms with E-state index in [0.717, 1.165) is 48.2 Å². The molecule has 0 bridgehead atoms. The van der Waals surface area contributed by atoms with Crippen molar-refractivity contribution >= 4 is 35.1 Å². The van der Waals surface area contributed by atoms with Gasteiger partial charge in [0.05, 0.1) is 23.4 Å². The number of hydrogen-bond donors (Lipinski definition) is 4. The van der Waals surface area contributed by atoms with Crippen molar-refractivity contribution < 1.29 is 9.53 Å². The van der Waals surface area contributed by atoms with E-state index >= 15 is 0 Å². The summed E-state index contributed by atoms with van der Waals surface area (Å²) in [5.41, 5.74) is 5.98. The summed E-state index contributed by atoms with van der Waals surface area (Å²) in [6.07, 6.45) is 0.197. The Morgan fingerprint density at radius 3 is 2.92 bits per heavy atom. The first-order valence-electron chi connectivity index (χ1n) is 8.53. The van der Waals surface area contributed by atoms with Crippen molar-refractivity contribution in [3.05, 3.63) is 23.2 Å². The van der Waals surface area contributed by atoms with Crippen LogP contribution in [0.2, 0.25) is 5.02 Å². The molecule has 0 aliphatic carbocycles. The van der Waals surface area contributed by atoms with Crippen molar-refractivity contribution in [2.75, 3.05) is 38.1 Å². The summed E-state index contributed by atoms with van der Waals surface area (Å²) in [5.74, 6) is 0. The molecule has 5 N–H and O–H groups in total. The van der Waals surface area contributed by atoms with Crippen LogP contribution < -0.4 is 21.7 Å². The van der Waals surface area contributed by atoms with Crippen molar-refractivity contribution in [1.82, 2.24) is 10.6 Å². The molecule has 0 aromatic heterocycles. The Labute approximate surface area is 157 Å². The van der Waals surface area contributed by atoms with Crippen LogP contribution in [0.15, 0.2) is 23.1 Å². The van der Waals surface area contributed by atoms with Crippen LogP contribution in [0.4, 0.5) is 10.5 Å². The first-order valence-corrected chi connectivity index (χ1v) is 9.79. The maximum absolute atomic E-state index is 11.0. The van der Waals surface area contributed by atoms with E-state index in [4.69, 9.17) is 22.1 Å². The monoisotopic (exact) mass is 384 g/mol. The molecule has 2 fully saturated rings. The number of nitrogens with two attached hydrogens (primary N) is 1. The topological polar surface area (TPSA) is 88.4 Å². The van der Waals surface area contributed by atoms with E-state index in [1.807, 2.05) is 18.2 Å². The maximum Gasteiger partial charge on any atom is 0.404 e. The number of primary amides is 1. The predicted octanol–water partition coefficient (Wildman–Crippen LogP) is 2.28. The molecule has 1 aromatic rings. The highest BCUT2D eigenvalue weighted by atomic mass is 35.5. The number of halogens is 1. The van der Waals surface area contributed by atoms with E-state index in [-0.39, 0.29) is 10.7 Å². The summed E-state index contributed by atoms with van der Waals surface area (Å²) in [4.78, 5) is 12.1. The SMILES string of the molecule is CC1(COC(N)=O)CCNCC1Sc1cccc(NC2CNC2)c1Cl. The minimum Gasteiger partial charge on any atom is -0.449 e. The molecule has 0 radical (unpaired) electrons. The third-order valence-electron chi connectivity index (χ3n) is 4.90. The molecule has 8 heteroatoms. The summed E-state index contributed by atoms with van der Waals surface area (Å²) < 4.78 is 5.13. The highest BCUT2D eigenvalue weighted by molar-refractivity contribution is 8.00. The summed E-state index contributed by atoms with van der Waals surface area (Å²) in [7, 11) is 0. The first-order chi connectivity index (χ1) is 12.0. The largest absolute Gasteiger partial charge is 0.449 e. The second kappa shape index (κ2) is 8.03. The number of hydrogen-bond acceptors (Lipinski definition) is 6. The Balaban J connectivity index is 1.72. The second-order valence-corrected chi connectivity index (χ2v) is 8.56. The van der Waals surface area contributed by atoms with Crippen molar-refractivity contribution in [3.63, 3.8) is 0 Å². The van der Waals surface area contributed by atoms with Crippen LogP contribution in [-0.2, 0) is 4.74 Å². The first kappa shape index (κ1) is 18.6. The summed E-state index contributed by atoms with van der Waals surface area (Å²) in [6, 6.07) is 6.51. The van der Waals surface area contributed by atoms with Gasteiger partial charge < -0.3 is 26.4 Å². The molecule has 6 nitrogen and oxygen atoms in total. The van der Waals surface area contributed by atoms with Gasteiger partial charge in [-0.2, -0.15) is 0 Å². The quantitative estimate of drug-likeness (QED) is 0.601. The molecule has 3 rings (SSSR count). The van der Waals surface area contributed by atoms with Gasteiger partial charge in [-0.15, -0.1) is 11.8 Å². The second-order valence-electron chi connectivity index (χ2n) is 6.94. The summed E-state index contributed by atoms with van der Waals surface area (Å²) in [6.45, 7) is 6.13. The van der Waals surface area contributed by atoms with Gasteiger partial charge in [0.2, 0.25) is 0 Å². The van der Waals surface area contributed by atoms with Crippen LogP contribution in [0, 0.1) is 5.41 Å². The summed E-state index contributed by atoms with van der Waals surface area (Å²) in [5, 5.41) is 11.1. The molecule has 1 aromatic carbocycles. The number of ether oxygens (including phenoxy) is 1. The molecule has 0 saturated carbocycles. The van der Waals surface area contributed by atoms with Crippen molar-refractivity contribution in [1.29, 1.82) is 0 Å². The van der Waals surface area contributed by atoms with E-state index in [1.54, 1.807) is 11.8 Å². The number of benzene rings is 1. The van der Waals surface area contributed by atoms with Gasteiger partial charge in [-0.25, -0.2) is 4.79 Å². The fourth-order valence-corrected chi connectivity index (χ4v) is 4.74. The highest BCUT2D eigenvalue weighted by Gasteiger charge is 2.39. The number of anilines is 1. The standard InChI is InChI=1S/C17H25ClN4O2S/c1-17(10-24-16(19)23)5-6-20-9-14(17)25-13-4-2-3-12(15(13)18)22-11-7-21-8-11/h2-4,11,14,20-22H,5-10H2,1H3,(H2,19,23). The Kier molecular flexibility index (Phi) is 5.99. The lowest BCUT2D eigenvalue weighted by Gasteiger charge is -2.41. The fraction of sp³-hybridized carbons (Fsp3) is 0.588. The van der Waals surface area contributed by atoms with E-state index in [2.05, 4.69) is 22.9 Å². The van der Waals surface area contributed by atoms with Crippen LogP contribution in [-0.4, -0.2) is 50.2 Å². The Morgan fingerprint density at radius 2 is 2.24 bits per heavy atom. The van der Waals surface area contributed by atoms with Crippen LogP contribution >= 0.6 is 23.4 Å². The number of nitrogens with one attached hydrogen (secondary N) is 3. The Hall–Kier alpha value is -1.15. The molecule has 2 atom stereocenters. The molecule has 2 heterocycles. The average molecular weight is 385 g/mol. The zero-order chi connectivity index (χ0) is 17.9. The zero-order valence-corrected chi connectivity index (χ0v) is 15.9. The number of carbonyl (C=O) groups excluding carboxylic acids is 1. The number of rotatable bonds is 6. The molecule has 1 amide bonds. The minimum atomic E-state index is -0.721. The van der Waals surface area contributed by atoms with Crippen LogP contribution in [0.5, 0.6) is 0 Å². The summed E-state index contributed by atoms with van der Waals surface area (Å²) >= 11 is 8.38. The van der Waals surface area contributed by atoms with E-state index < -0.39 is 6.09 Å². The number of piperidine rings is 1. The number of carbonyl (C=O) groups is 1. The normalized spacial score (nSPS) is 26.7. The van der Waals surface area contributed by atoms with Gasteiger partial charge in [0.25, 0.3) is 0 Å². The molecular weight excluding hydrogens is 360 g/mol. The van der Waals surface area contributed by atoms with Crippen LogP contribution in [0.25, 0.3) is 0 Å². The number of amides is 1. The number of thioether (sulfide) groups is 1. The lowest BCUT2D eigenvalue weighted by atomic mass is 9.81. The minimum absolute atomic E-state index is 0.143. The van der Waals surface area contributed by atoms with Crippen molar-refractivity contribution in [2.24, 2.45) is 11.1 Å². The molecule has 2 aliphatic heterocycles. The fourth-order valence-electron chi connectivity index (χ4n) is 3.08. The third kappa shape index (κ3) is 4.53. The maximum atomic E-state index is 11.0. The van der Waals surface area contributed by atoms with Crippen LogP contribution in [0.1, 0.15) is 13.3 Å². The van der Waals surface area contributed by atoms with Gasteiger partial charge in [0.15, 0.2) is 0 Å². The predicted molar refractivity (Wildman–Crippen MR) is 103 cm³/mol. The van der Waals surface area contributed by atoms with Crippen LogP contribution in [0.3, 0.4) is 0 Å².